The van der Waals surface area contributed by atoms with Gasteiger partial charge in [0, 0.05) is 20.0 Å². The van der Waals surface area contributed by atoms with E-state index in [0.717, 1.165) is 16.7 Å². The summed E-state index contributed by atoms with van der Waals surface area (Å²) in [6.07, 6.45) is 2.14. The van der Waals surface area contributed by atoms with Gasteiger partial charge in [-0.25, -0.2) is 9.90 Å². The molecule has 152 valence electrons. The highest BCUT2D eigenvalue weighted by molar-refractivity contribution is 6.23. The summed E-state index contributed by atoms with van der Waals surface area (Å²) in [4.78, 5) is 19.1. The molecule has 2 heterocycles. The monoisotopic (exact) mass is 389 g/mol. The fraction of sp³-hybridized carbons (Fsp3) is 0.571. The van der Waals surface area contributed by atoms with Gasteiger partial charge in [0.05, 0.1) is 18.8 Å². The number of carbonyl (C=O) groups is 1. The average molecular weight is 389 g/mol. The van der Waals surface area contributed by atoms with Crippen molar-refractivity contribution < 1.29 is 28.9 Å². The molecule has 4 rings (SSSR count). The van der Waals surface area contributed by atoms with Crippen LogP contribution in [0.5, 0.6) is 0 Å². The maximum Gasteiger partial charge on any atom is 0.282 e. The van der Waals surface area contributed by atoms with Crippen LogP contribution < -0.4 is 0 Å². The van der Waals surface area contributed by atoms with Gasteiger partial charge in [0.2, 0.25) is 0 Å². The molecular formula is C21H27NO6. The van der Waals surface area contributed by atoms with Crippen LogP contribution in [0.4, 0.5) is 0 Å². The van der Waals surface area contributed by atoms with E-state index in [9.17, 15) is 9.90 Å². The van der Waals surface area contributed by atoms with Crippen LogP contribution in [0.2, 0.25) is 0 Å². The van der Waals surface area contributed by atoms with Crippen LogP contribution in [-0.2, 0) is 23.8 Å². The van der Waals surface area contributed by atoms with Gasteiger partial charge in [-0.3, -0.25) is 4.79 Å². The van der Waals surface area contributed by atoms with E-state index < -0.39 is 11.3 Å². The highest BCUT2D eigenvalue weighted by Crippen LogP contribution is 2.51. The van der Waals surface area contributed by atoms with Crippen LogP contribution >= 0.6 is 0 Å². The number of rotatable bonds is 4. The second kappa shape index (κ2) is 7.15. The lowest BCUT2D eigenvalue weighted by atomic mass is 9.77. The molecule has 0 bridgehead atoms. The molecule has 0 aromatic heterocycles. The minimum atomic E-state index is -0.930. The Balaban J connectivity index is 1.76. The van der Waals surface area contributed by atoms with Crippen molar-refractivity contribution in [1.29, 1.82) is 0 Å². The van der Waals surface area contributed by atoms with Gasteiger partial charge in [-0.05, 0) is 43.4 Å². The Morgan fingerprint density at radius 1 is 1.11 bits per heavy atom. The zero-order chi connectivity index (χ0) is 19.9. The van der Waals surface area contributed by atoms with Gasteiger partial charge in [-0.1, -0.05) is 18.2 Å². The fourth-order valence-corrected chi connectivity index (χ4v) is 4.72. The third-order valence-electron chi connectivity index (χ3n) is 6.15. The molecule has 0 radical (unpaired) electrons. The molecule has 28 heavy (non-hydrogen) atoms. The van der Waals surface area contributed by atoms with Gasteiger partial charge >= 0.3 is 0 Å². The molecule has 1 amide bonds. The summed E-state index contributed by atoms with van der Waals surface area (Å²) in [6.45, 7) is 4.96. The van der Waals surface area contributed by atoms with Crippen LogP contribution in [0.15, 0.2) is 24.0 Å². The van der Waals surface area contributed by atoms with Crippen molar-refractivity contribution in [1.82, 2.24) is 5.06 Å². The van der Waals surface area contributed by atoms with E-state index in [1.165, 1.54) is 12.2 Å². The number of carbonyl (C=O) groups excluding carboxylic acids is 1. The SMILES string of the molecule is COCON1C(=O)C(c2c(C)cccc2C)=C(O)C12CCC1(CC2)OCCO1. The van der Waals surface area contributed by atoms with Crippen LogP contribution in [-0.4, -0.2) is 54.5 Å². The Hall–Kier alpha value is -1.93. The minimum absolute atomic E-state index is 0.0684. The lowest BCUT2D eigenvalue weighted by Crippen LogP contribution is -2.54. The molecule has 0 unspecified atom stereocenters. The third kappa shape index (κ3) is 2.85. The highest BCUT2D eigenvalue weighted by atomic mass is 16.8. The van der Waals surface area contributed by atoms with Crippen molar-refractivity contribution in [3.63, 3.8) is 0 Å². The quantitative estimate of drug-likeness (QED) is 0.798. The predicted molar refractivity (Wildman–Crippen MR) is 101 cm³/mol. The summed E-state index contributed by atoms with van der Waals surface area (Å²) < 4.78 is 16.7. The molecule has 1 saturated heterocycles. The van der Waals surface area contributed by atoms with Crippen molar-refractivity contribution in [2.24, 2.45) is 0 Å². The molecule has 2 spiro atoms. The molecule has 2 fully saturated rings. The third-order valence-corrected chi connectivity index (χ3v) is 6.15. The Bertz CT molecular complexity index is 781. The van der Waals surface area contributed by atoms with Gasteiger partial charge in [0.25, 0.3) is 5.91 Å². The maximum atomic E-state index is 13.4. The number of hydroxylamine groups is 2. The summed E-state index contributed by atoms with van der Waals surface area (Å²) in [5.41, 5.74) is 2.03. The Morgan fingerprint density at radius 2 is 1.71 bits per heavy atom. The molecular weight excluding hydrogens is 362 g/mol. The first kappa shape index (κ1) is 19.4. The van der Waals surface area contributed by atoms with Crippen LogP contribution in [0.1, 0.15) is 42.4 Å². The van der Waals surface area contributed by atoms with Crippen molar-refractivity contribution in [2.45, 2.75) is 50.9 Å². The lowest BCUT2D eigenvalue weighted by Gasteiger charge is -2.44. The van der Waals surface area contributed by atoms with E-state index in [1.807, 2.05) is 32.0 Å². The number of hydrogen-bond acceptors (Lipinski definition) is 6. The maximum absolute atomic E-state index is 13.4. The number of aryl methyl sites for hydroxylation is 2. The number of hydrogen-bond donors (Lipinski definition) is 1. The van der Waals surface area contributed by atoms with Gasteiger partial charge < -0.3 is 19.3 Å². The zero-order valence-corrected chi connectivity index (χ0v) is 16.6. The van der Waals surface area contributed by atoms with E-state index in [0.29, 0.717) is 44.5 Å². The van der Waals surface area contributed by atoms with Gasteiger partial charge in [0.1, 0.15) is 11.3 Å². The van der Waals surface area contributed by atoms with Gasteiger partial charge in [0.15, 0.2) is 12.6 Å². The smallest absolute Gasteiger partial charge is 0.282 e. The summed E-state index contributed by atoms with van der Waals surface area (Å²) in [5, 5.41) is 12.7. The van der Waals surface area contributed by atoms with Crippen molar-refractivity contribution >= 4 is 11.5 Å². The molecule has 3 aliphatic rings. The zero-order valence-electron chi connectivity index (χ0n) is 16.6. The second-order valence-corrected chi connectivity index (χ2v) is 7.76. The predicted octanol–water partition coefficient (Wildman–Crippen LogP) is 3.01. The molecule has 1 aromatic carbocycles. The average Bonchev–Trinajstić information content (AvgIpc) is 3.21. The first-order valence-electron chi connectivity index (χ1n) is 9.69. The standard InChI is InChI=1S/C21H27NO6/c1-14-5-4-6-15(2)16(14)17-18(23)20(22(19(17)24)28-13-25-3)7-9-21(10-8-20)26-11-12-27-21/h4-6,23H,7-13H2,1-3H3. The number of aliphatic hydroxyl groups excluding tert-OH is 1. The van der Waals surface area contributed by atoms with E-state index in [-0.39, 0.29) is 18.5 Å². The normalized spacial score (nSPS) is 23.4. The largest absolute Gasteiger partial charge is 0.509 e. The minimum Gasteiger partial charge on any atom is -0.509 e. The molecule has 1 aromatic rings. The molecule has 7 heteroatoms. The van der Waals surface area contributed by atoms with Crippen molar-refractivity contribution in [2.75, 3.05) is 27.1 Å². The Morgan fingerprint density at radius 3 is 2.29 bits per heavy atom. The summed E-state index contributed by atoms with van der Waals surface area (Å²) in [6, 6.07) is 5.83. The van der Waals surface area contributed by atoms with E-state index in [1.54, 1.807) is 0 Å². The summed E-state index contributed by atoms with van der Waals surface area (Å²) in [7, 11) is 1.50. The number of ether oxygens (including phenoxy) is 3. The van der Waals surface area contributed by atoms with Crippen LogP contribution in [0.25, 0.3) is 5.57 Å². The van der Waals surface area contributed by atoms with Gasteiger partial charge in [-0.15, -0.1) is 0 Å². The topological polar surface area (TPSA) is 77.5 Å². The number of benzene rings is 1. The molecule has 2 aliphatic heterocycles. The highest BCUT2D eigenvalue weighted by Gasteiger charge is 2.58. The number of aliphatic hydroxyl groups is 1. The molecule has 7 nitrogen and oxygen atoms in total. The second-order valence-electron chi connectivity index (χ2n) is 7.76. The summed E-state index contributed by atoms with van der Waals surface area (Å²) in [5.74, 6) is -0.877. The summed E-state index contributed by atoms with van der Waals surface area (Å²) >= 11 is 0. The van der Waals surface area contributed by atoms with E-state index in [4.69, 9.17) is 19.0 Å². The molecule has 1 aliphatic carbocycles. The Kier molecular flexibility index (Phi) is 4.95. The fourth-order valence-electron chi connectivity index (χ4n) is 4.72. The lowest BCUT2D eigenvalue weighted by molar-refractivity contribution is -0.265. The number of methoxy groups -OCH3 is 1. The Labute approximate surface area is 164 Å². The first-order chi connectivity index (χ1) is 13.4. The first-order valence-corrected chi connectivity index (χ1v) is 9.69. The van der Waals surface area contributed by atoms with E-state index in [2.05, 4.69) is 0 Å². The van der Waals surface area contributed by atoms with Crippen LogP contribution in [0, 0.1) is 13.8 Å². The molecule has 1 N–H and O–H groups in total. The molecule has 1 saturated carbocycles. The number of amides is 1. The van der Waals surface area contributed by atoms with Crippen molar-refractivity contribution in [3.05, 3.63) is 40.6 Å². The number of nitrogens with zero attached hydrogens (tertiary/aromatic N) is 1. The van der Waals surface area contributed by atoms with E-state index >= 15 is 0 Å². The van der Waals surface area contributed by atoms with Gasteiger partial charge in [-0.2, -0.15) is 0 Å². The van der Waals surface area contributed by atoms with Crippen molar-refractivity contribution in [3.8, 4) is 0 Å². The molecule has 0 atom stereocenters. The van der Waals surface area contributed by atoms with Crippen LogP contribution in [0.3, 0.4) is 0 Å².